The van der Waals surface area contributed by atoms with E-state index in [4.69, 9.17) is 5.73 Å². The van der Waals surface area contributed by atoms with E-state index in [1.54, 1.807) is 31.3 Å². The number of hydrogen-bond donors (Lipinski definition) is 2. The third-order valence-corrected chi connectivity index (χ3v) is 5.83. The van der Waals surface area contributed by atoms with Crippen LogP contribution < -0.4 is 10.5 Å². The average molecular weight is 325 g/mol. The molecular weight excluding hydrogens is 306 g/mol. The first-order chi connectivity index (χ1) is 9.83. The summed E-state index contributed by atoms with van der Waals surface area (Å²) < 4.78 is 27.5. The number of rotatable bonds is 5. The first kappa shape index (κ1) is 16.1. The Morgan fingerprint density at radius 3 is 2.67 bits per heavy atom. The molecule has 7 heteroatoms. The van der Waals surface area contributed by atoms with Gasteiger partial charge in [0.2, 0.25) is 10.0 Å². The summed E-state index contributed by atoms with van der Waals surface area (Å²) in [7, 11) is -3.59. The fourth-order valence-electron chi connectivity index (χ4n) is 1.96. The lowest BCUT2D eigenvalue weighted by Crippen LogP contribution is -2.27. The Morgan fingerprint density at radius 1 is 1.38 bits per heavy atom. The molecule has 1 unspecified atom stereocenters. The number of thiazole rings is 1. The molecule has 1 atom stereocenters. The highest BCUT2D eigenvalue weighted by Gasteiger charge is 2.20. The number of nitrogens with zero attached hydrogens (tertiary/aromatic N) is 1. The molecule has 114 valence electrons. The van der Waals surface area contributed by atoms with Gasteiger partial charge in [-0.3, -0.25) is 0 Å². The molecule has 2 rings (SSSR count). The Labute approximate surface area is 129 Å². The van der Waals surface area contributed by atoms with Crippen molar-refractivity contribution in [3.8, 4) is 0 Å². The van der Waals surface area contributed by atoms with Gasteiger partial charge in [0.25, 0.3) is 0 Å². The van der Waals surface area contributed by atoms with Gasteiger partial charge in [-0.25, -0.2) is 18.1 Å². The third-order valence-electron chi connectivity index (χ3n) is 3.19. The minimum Gasteiger partial charge on any atom is -0.326 e. The quantitative estimate of drug-likeness (QED) is 0.883. The van der Waals surface area contributed by atoms with Crippen LogP contribution in [-0.2, 0) is 16.6 Å². The zero-order valence-electron chi connectivity index (χ0n) is 12.3. The van der Waals surface area contributed by atoms with E-state index < -0.39 is 10.0 Å². The first-order valence-electron chi connectivity index (χ1n) is 6.57. The Morgan fingerprint density at radius 2 is 2.10 bits per heavy atom. The zero-order valence-corrected chi connectivity index (χ0v) is 13.9. The van der Waals surface area contributed by atoms with Crippen LogP contribution in [0.5, 0.6) is 0 Å². The van der Waals surface area contributed by atoms with Gasteiger partial charge in [-0.05, 0) is 44.0 Å². The van der Waals surface area contributed by atoms with Gasteiger partial charge in [-0.15, -0.1) is 11.3 Å². The number of sulfonamides is 1. The summed E-state index contributed by atoms with van der Waals surface area (Å²) in [5.41, 5.74) is 7.45. The molecule has 21 heavy (non-hydrogen) atoms. The molecule has 0 aliphatic carbocycles. The van der Waals surface area contributed by atoms with E-state index in [1.165, 1.54) is 11.3 Å². The van der Waals surface area contributed by atoms with Crippen LogP contribution in [0.15, 0.2) is 29.3 Å². The van der Waals surface area contributed by atoms with Crippen LogP contribution in [0, 0.1) is 13.8 Å². The zero-order chi connectivity index (χ0) is 15.6. The van der Waals surface area contributed by atoms with Gasteiger partial charge in [-0.2, -0.15) is 0 Å². The molecule has 0 saturated heterocycles. The third kappa shape index (κ3) is 3.68. The Balaban J connectivity index is 2.26. The van der Waals surface area contributed by atoms with Crippen molar-refractivity contribution >= 4 is 21.4 Å². The summed E-state index contributed by atoms with van der Waals surface area (Å²) in [4.78, 5) is 5.50. The smallest absolute Gasteiger partial charge is 0.241 e. The van der Waals surface area contributed by atoms with Crippen molar-refractivity contribution in [2.75, 3.05) is 0 Å². The van der Waals surface area contributed by atoms with Gasteiger partial charge < -0.3 is 5.73 Å². The van der Waals surface area contributed by atoms with E-state index in [9.17, 15) is 8.42 Å². The van der Waals surface area contributed by atoms with Gasteiger partial charge in [0.15, 0.2) is 0 Å². The van der Waals surface area contributed by atoms with Gasteiger partial charge in [0.1, 0.15) is 5.01 Å². The van der Waals surface area contributed by atoms with Crippen molar-refractivity contribution in [1.82, 2.24) is 9.71 Å². The topological polar surface area (TPSA) is 85.1 Å². The van der Waals surface area contributed by atoms with Crippen LogP contribution in [-0.4, -0.2) is 13.4 Å². The molecule has 0 saturated carbocycles. The molecule has 5 nitrogen and oxygen atoms in total. The normalized spacial score (nSPS) is 13.3. The second-order valence-electron chi connectivity index (χ2n) is 4.94. The Bertz CT molecular complexity index is 738. The SMILES string of the molecule is Cc1cnc(C(C)NS(=O)(=O)c2ccc(C)c(CN)c2)s1. The molecule has 0 bridgehead atoms. The minimum absolute atomic E-state index is 0.230. The number of nitrogens with two attached hydrogens (primary N) is 1. The van der Waals surface area contributed by atoms with E-state index in [2.05, 4.69) is 9.71 Å². The second kappa shape index (κ2) is 6.23. The average Bonchev–Trinajstić information content (AvgIpc) is 2.85. The molecule has 0 fully saturated rings. The largest absolute Gasteiger partial charge is 0.326 e. The number of benzene rings is 1. The van der Waals surface area contributed by atoms with Gasteiger partial charge in [0.05, 0.1) is 10.9 Å². The number of aryl methyl sites for hydroxylation is 2. The van der Waals surface area contributed by atoms with Gasteiger partial charge in [0, 0.05) is 17.6 Å². The molecule has 1 aromatic heterocycles. The summed E-state index contributed by atoms with van der Waals surface area (Å²) in [6.45, 7) is 5.95. The molecule has 3 N–H and O–H groups in total. The highest BCUT2D eigenvalue weighted by Crippen LogP contribution is 2.22. The van der Waals surface area contributed by atoms with E-state index in [1.807, 2.05) is 13.8 Å². The van der Waals surface area contributed by atoms with Crippen molar-refractivity contribution in [3.63, 3.8) is 0 Å². The fraction of sp³-hybridized carbons (Fsp3) is 0.357. The summed E-state index contributed by atoms with van der Waals surface area (Å²) in [5, 5.41) is 0.752. The Kier molecular flexibility index (Phi) is 4.77. The first-order valence-corrected chi connectivity index (χ1v) is 8.87. The van der Waals surface area contributed by atoms with E-state index in [0.717, 1.165) is 21.0 Å². The van der Waals surface area contributed by atoms with Crippen molar-refractivity contribution in [2.24, 2.45) is 5.73 Å². The summed E-state index contributed by atoms with van der Waals surface area (Å²) >= 11 is 1.48. The summed E-state index contributed by atoms with van der Waals surface area (Å²) in [6.07, 6.45) is 1.74. The number of aromatic nitrogens is 1. The molecule has 1 heterocycles. The van der Waals surface area contributed by atoms with Crippen molar-refractivity contribution < 1.29 is 8.42 Å². The van der Waals surface area contributed by atoms with Gasteiger partial charge in [-0.1, -0.05) is 6.07 Å². The van der Waals surface area contributed by atoms with E-state index in [0.29, 0.717) is 6.54 Å². The highest BCUT2D eigenvalue weighted by atomic mass is 32.2. The fourth-order valence-corrected chi connectivity index (χ4v) is 4.07. The molecule has 0 spiro atoms. The molecule has 0 aliphatic heterocycles. The lowest BCUT2D eigenvalue weighted by atomic mass is 10.1. The molecule has 2 aromatic rings. The van der Waals surface area contributed by atoms with Gasteiger partial charge >= 0.3 is 0 Å². The monoisotopic (exact) mass is 325 g/mol. The lowest BCUT2D eigenvalue weighted by Gasteiger charge is -2.13. The molecule has 0 radical (unpaired) electrons. The van der Waals surface area contributed by atoms with Crippen molar-refractivity contribution in [1.29, 1.82) is 0 Å². The maximum atomic E-state index is 12.4. The lowest BCUT2D eigenvalue weighted by molar-refractivity contribution is 0.566. The predicted molar refractivity (Wildman–Crippen MR) is 84.7 cm³/mol. The Hall–Kier alpha value is -1.28. The van der Waals surface area contributed by atoms with E-state index >= 15 is 0 Å². The number of hydrogen-bond acceptors (Lipinski definition) is 5. The number of nitrogens with one attached hydrogen (secondary N) is 1. The van der Waals surface area contributed by atoms with Crippen LogP contribution in [0.4, 0.5) is 0 Å². The maximum Gasteiger partial charge on any atom is 0.241 e. The molecule has 0 amide bonds. The van der Waals surface area contributed by atoms with Crippen LogP contribution in [0.25, 0.3) is 0 Å². The van der Waals surface area contributed by atoms with Crippen LogP contribution in [0.2, 0.25) is 0 Å². The van der Waals surface area contributed by atoms with Crippen molar-refractivity contribution in [2.45, 2.75) is 38.3 Å². The summed E-state index contributed by atoms with van der Waals surface area (Å²) in [6, 6.07) is 4.62. The summed E-state index contributed by atoms with van der Waals surface area (Å²) in [5.74, 6) is 0. The molecular formula is C14H19N3O2S2. The van der Waals surface area contributed by atoms with E-state index in [-0.39, 0.29) is 10.9 Å². The molecule has 1 aromatic carbocycles. The van der Waals surface area contributed by atoms with Crippen LogP contribution >= 0.6 is 11.3 Å². The minimum atomic E-state index is -3.59. The maximum absolute atomic E-state index is 12.4. The standard InChI is InChI=1S/C14H19N3O2S2/c1-9-4-5-13(6-12(9)7-15)21(18,19)17-11(3)14-16-8-10(2)20-14/h4-6,8,11,17H,7,15H2,1-3H3. The second-order valence-corrected chi connectivity index (χ2v) is 7.92. The van der Waals surface area contributed by atoms with Crippen LogP contribution in [0.1, 0.15) is 34.0 Å². The van der Waals surface area contributed by atoms with Crippen molar-refractivity contribution in [3.05, 3.63) is 45.4 Å². The predicted octanol–water partition coefficient (Wildman–Crippen LogP) is 2.26. The highest BCUT2D eigenvalue weighted by molar-refractivity contribution is 7.89. The van der Waals surface area contributed by atoms with Crippen LogP contribution in [0.3, 0.4) is 0 Å². The molecule has 0 aliphatic rings.